The molecular formula is C25H13F5N2O4. The third-order valence-electron chi connectivity index (χ3n) is 5.55. The van der Waals surface area contributed by atoms with Crippen molar-refractivity contribution in [2.45, 2.75) is 6.18 Å². The number of carboxylic acid groups (broad SMARTS) is 1. The lowest BCUT2D eigenvalue weighted by atomic mass is 9.96. The molecule has 0 saturated carbocycles. The minimum atomic E-state index is -5.25. The van der Waals surface area contributed by atoms with Crippen molar-refractivity contribution in [3.63, 3.8) is 0 Å². The standard InChI is InChI=1S/C25H13F5N2O4/c26-15-10-14(11-4-2-1-3-5-11)21(27)19(20(15)25(28,29)30)23-31-16-7-6-12-8-13(36-24(34)35)9-17(33)18(12)22(16)32-23/h1-10,33H,(H,31,32)(H,34,35). The lowest BCUT2D eigenvalue weighted by Gasteiger charge is -2.16. The van der Waals surface area contributed by atoms with Crippen molar-refractivity contribution in [1.29, 1.82) is 0 Å². The van der Waals surface area contributed by atoms with Crippen LogP contribution in [0.15, 0.2) is 60.7 Å². The summed E-state index contributed by atoms with van der Waals surface area (Å²) in [4.78, 5) is 17.5. The zero-order chi connectivity index (χ0) is 25.8. The normalized spacial score (nSPS) is 11.8. The molecule has 11 heteroatoms. The molecule has 0 amide bonds. The van der Waals surface area contributed by atoms with Crippen LogP contribution in [0.4, 0.5) is 26.7 Å². The summed E-state index contributed by atoms with van der Waals surface area (Å²) < 4.78 is 76.7. The number of phenols is 1. The molecule has 182 valence electrons. The highest BCUT2D eigenvalue weighted by Crippen LogP contribution is 2.44. The zero-order valence-corrected chi connectivity index (χ0v) is 17.8. The van der Waals surface area contributed by atoms with Crippen molar-refractivity contribution < 1.29 is 41.7 Å². The van der Waals surface area contributed by atoms with Crippen molar-refractivity contribution in [3.05, 3.63) is 77.9 Å². The van der Waals surface area contributed by atoms with E-state index in [0.29, 0.717) is 6.07 Å². The fourth-order valence-electron chi connectivity index (χ4n) is 4.12. The number of H-pyrrole nitrogens is 1. The van der Waals surface area contributed by atoms with Gasteiger partial charge in [0.25, 0.3) is 0 Å². The summed E-state index contributed by atoms with van der Waals surface area (Å²) in [5, 5.41) is 19.6. The number of phenolic OH excluding ortho intramolecular Hbond substituents is 1. The highest BCUT2D eigenvalue weighted by molar-refractivity contribution is 6.09. The van der Waals surface area contributed by atoms with Gasteiger partial charge in [-0.25, -0.2) is 18.6 Å². The number of halogens is 5. The molecule has 0 saturated heterocycles. The molecular weight excluding hydrogens is 487 g/mol. The van der Waals surface area contributed by atoms with Crippen LogP contribution in [-0.2, 0) is 6.18 Å². The van der Waals surface area contributed by atoms with E-state index < -0.39 is 46.7 Å². The topological polar surface area (TPSA) is 95.4 Å². The van der Waals surface area contributed by atoms with E-state index in [9.17, 15) is 27.5 Å². The average Bonchev–Trinajstić information content (AvgIpc) is 3.23. The summed E-state index contributed by atoms with van der Waals surface area (Å²) in [6, 6.07) is 13.1. The molecule has 1 heterocycles. The minimum absolute atomic E-state index is 0.0277. The Morgan fingerprint density at radius 1 is 1.00 bits per heavy atom. The van der Waals surface area contributed by atoms with Gasteiger partial charge in [0.15, 0.2) is 0 Å². The fraction of sp³-hybridized carbons (Fsp3) is 0.0400. The molecule has 0 atom stereocenters. The van der Waals surface area contributed by atoms with Gasteiger partial charge in [-0.1, -0.05) is 36.4 Å². The van der Waals surface area contributed by atoms with E-state index in [2.05, 4.69) is 14.7 Å². The Labute approximate surface area is 198 Å². The van der Waals surface area contributed by atoms with E-state index >= 15 is 4.39 Å². The minimum Gasteiger partial charge on any atom is -0.507 e. The summed E-state index contributed by atoms with van der Waals surface area (Å²) in [7, 11) is 0. The Morgan fingerprint density at radius 3 is 2.39 bits per heavy atom. The summed E-state index contributed by atoms with van der Waals surface area (Å²) in [6.45, 7) is 0. The van der Waals surface area contributed by atoms with Crippen LogP contribution in [0.2, 0.25) is 0 Å². The first kappa shape index (κ1) is 23.1. The number of nitrogens with one attached hydrogen (secondary N) is 1. The number of hydrogen-bond acceptors (Lipinski definition) is 4. The van der Waals surface area contributed by atoms with Crippen molar-refractivity contribution in [2.24, 2.45) is 0 Å². The Bertz CT molecular complexity index is 1660. The molecule has 1 aromatic heterocycles. The molecule has 36 heavy (non-hydrogen) atoms. The fourth-order valence-corrected chi connectivity index (χ4v) is 4.12. The monoisotopic (exact) mass is 500 g/mol. The van der Waals surface area contributed by atoms with Gasteiger partial charge in [-0.2, -0.15) is 13.2 Å². The molecule has 0 aliphatic heterocycles. The van der Waals surface area contributed by atoms with Crippen LogP contribution in [0.25, 0.3) is 44.3 Å². The van der Waals surface area contributed by atoms with Gasteiger partial charge in [-0.15, -0.1) is 0 Å². The molecule has 0 unspecified atom stereocenters. The summed E-state index contributed by atoms with van der Waals surface area (Å²) in [6.07, 6.45) is -6.86. The second kappa shape index (κ2) is 8.22. The van der Waals surface area contributed by atoms with E-state index in [1.165, 1.54) is 42.5 Å². The maximum absolute atomic E-state index is 15.7. The number of ether oxygens (including phenoxy) is 1. The van der Waals surface area contributed by atoms with E-state index in [1.807, 2.05) is 0 Å². The molecule has 3 N–H and O–H groups in total. The predicted octanol–water partition coefficient (Wildman–Crippen LogP) is 7.11. The van der Waals surface area contributed by atoms with Gasteiger partial charge < -0.3 is 19.9 Å². The summed E-state index contributed by atoms with van der Waals surface area (Å²) in [5.74, 6) is -4.29. The molecule has 5 rings (SSSR count). The first-order valence-electron chi connectivity index (χ1n) is 10.3. The Morgan fingerprint density at radius 2 is 1.72 bits per heavy atom. The highest BCUT2D eigenvalue weighted by atomic mass is 19.4. The number of aromatic hydroxyl groups is 1. The Balaban J connectivity index is 1.80. The number of rotatable bonds is 3. The first-order chi connectivity index (χ1) is 17.0. The van der Waals surface area contributed by atoms with Crippen molar-refractivity contribution in [1.82, 2.24) is 9.97 Å². The molecule has 0 bridgehead atoms. The molecule has 0 fully saturated rings. The number of fused-ring (bicyclic) bond motifs is 3. The number of carbonyl (C=O) groups is 1. The summed E-state index contributed by atoms with van der Waals surface area (Å²) in [5.41, 5.74) is -3.09. The van der Waals surface area contributed by atoms with Gasteiger partial charge in [0.1, 0.15) is 34.5 Å². The van der Waals surface area contributed by atoms with Gasteiger partial charge in [-0.05, 0) is 29.1 Å². The van der Waals surface area contributed by atoms with Gasteiger partial charge in [-0.3, -0.25) is 0 Å². The molecule has 4 aromatic carbocycles. The van der Waals surface area contributed by atoms with E-state index in [-0.39, 0.29) is 38.7 Å². The number of hydrogen-bond donors (Lipinski definition) is 3. The van der Waals surface area contributed by atoms with Crippen LogP contribution < -0.4 is 4.74 Å². The number of nitrogens with zero attached hydrogens (tertiary/aromatic N) is 1. The Kier molecular flexibility index (Phi) is 5.27. The molecule has 0 radical (unpaired) electrons. The zero-order valence-electron chi connectivity index (χ0n) is 17.8. The number of imidazole rings is 1. The number of alkyl halides is 3. The molecule has 0 spiro atoms. The number of benzene rings is 4. The molecule has 0 aliphatic rings. The van der Waals surface area contributed by atoms with Crippen LogP contribution in [0, 0.1) is 11.6 Å². The van der Waals surface area contributed by atoms with Crippen LogP contribution in [0.3, 0.4) is 0 Å². The van der Waals surface area contributed by atoms with Gasteiger partial charge in [0, 0.05) is 17.0 Å². The lowest BCUT2D eigenvalue weighted by Crippen LogP contribution is -2.13. The van der Waals surface area contributed by atoms with Crippen LogP contribution >= 0.6 is 0 Å². The molecule has 0 aliphatic carbocycles. The number of aromatic amines is 1. The lowest BCUT2D eigenvalue weighted by molar-refractivity contribution is -0.139. The average molecular weight is 500 g/mol. The van der Waals surface area contributed by atoms with Crippen molar-refractivity contribution in [2.75, 3.05) is 0 Å². The van der Waals surface area contributed by atoms with E-state index in [4.69, 9.17) is 5.11 Å². The molecule has 6 nitrogen and oxygen atoms in total. The second-order valence-corrected chi connectivity index (χ2v) is 7.79. The smallest absolute Gasteiger partial charge is 0.507 e. The van der Waals surface area contributed by atoms with Crippen LogP contribution in [0.5, 0.6) is 11.5 Å². The van der Waals surface area contributed by atoms with Gasteiger partial charge in [0.05, 0.1) is 16.6 Å². The second-order valence-electron chi connectivity index (χ2n) is 7.79. The third kappa shape index (κ3) is 3.84. The maximum atomic E-state index is 15.7. The van der Waals surface area contributed by atoms with Gasteiger partial charge in [0.2, 0.25) is 0 Å². The summed E-state index contributed by atoms with van der Waals surface area (Å²) >= 11 is 0. The third-order valence-corrected chi connectivity index (χ3v) is 5.55. The quantitative estimate of drug-likeness (QED) is 0.139. The van der Waals surface area contributed by atoms with E-state index in [1.54, 1.807) is 6.07 Å². The van der Waals surface area contributed by atoms with Crippen molar-refractivity contribution in [3.8, 4) is 34.0 Å². The maximum Gasteiger partial charge on any atom is 0.511 e. The SMILES string of the molecule is O=C(O)Oc1cc(O)c2c(ccc3nc(-c4c(F)c(-c5ccccc5)cc(F)c4C(F)(F)F)[nH]c32)c1. The van der Waals surface area contributed by atoms with Crippen molar-refractivity contribution >= 4 is 28.0 Å². The van der Waals surface area contributed by atoms with Crippen LogP contribution in [-0.4, -0.2) is 26.3 Å². The van der Waals surface area contributed by atoms with Crippen LogP contribution in [0.1, 0.15) is 5.56 Å². The van der Waals surface area contributed by atoms with Gasteiger partial charge >= 0.3 is 12.3 Å². The Hall–Kier alpha value is -4.67. The van der Waals surface area contributed by atoms with E-state index in [0.717, 1.165) is 6.07 Å². The highest BCUT2D eigenvalue weighted by Gasteiger charge is 2.40. The molecule has 5 aromatic rings. The largest absolute Gasteiger partial charge is 0.511 e. The number of aromatic nitrogens is 2. The first-order valence-corrected chi connectivity index (χ1v) is 10.3. The predicted molar refractivity (Wildman–Crippen MR) is 120 cm³/mol.